The van der Waals surface area contributed by atoms with Crippen LogP contribution in [0.5, 0.6) is 0 Å². The Morgan fingerprint density at radius 1 is 1.09 bits per heavy atom. The number of amides is 1. The van der Waals surface area contributed by atoms with Gasteiger partial charge in [-0.05, 0) is 31.4 Å². The zero-order chi connectivity index (χ0) is 14.5. The number of hydrogen-bond donors (Lipinski definition) is 1. The van der Waals surface area contributed by atoms with E-state index in [1.54, 1.807) is 0 Å². The molecule has 2 heterocycles. The van der Waals surface area contributed by atoms with E-state index in [0.717, 1.165) is 58.5 Å². The van der Waals surface area contributed by atoms with E-state index in [0.29, 0.717) is 5.91 Å². The lowest BCUT2D eigenvalue weighted by Gasteiger charge is -2.24. The van der Waals surface area contributed by atoms with Gasteiger partial charge >= 0.3 is 0 Å². The fourth-order valence-corrected chi connectivity index (χ4v) is 3.31. The Kier molecular flexibility index (Phi) is 6.68. The van der Waals surface area contributed by atoms with Crippen LogP contribution >= 0.6 is 12.4 Å². The highest BCUT2D eigenvalue weighted by atomic mass is 35.5. The van der Waals surface area contributed by atoms with Gasteiger partial charge in [0.05, 0.1) is 6.04 Å². The number of benzene rings is 1. The molecule has 2 aliphatic heterocycles. The second-order valence-electron chi connectivity index (χ2n) is 6.09. The molecule has 3 rings (SSSR count). The summed E-state index contributed by atoms with van der Waals surface area (Å²) in [4.78, 5) is 17.0. The van der Waals surface area contributed by atoms with Crippen LogP contribution in [0.4, 0.5) is 0 Å². The Morgan fingerprint density at radius 2 is 1.91 bits per heavy atom. The van der Waals surface area contributed by atoms with Gasteiger partial charge in [-0.2, -0.15) is 0 Å². The smallest absolute Gasteiger partial charge is 0.239 e. The maximum Gasteiger partial charge on any atom is 0.239 e. The summed E-state index contributed by atoms with van der Waals surface area (Å²) in [5, 5.41) is 3.32. The highest BCUT2D eigenvalue weighted by Crippen LogP contribution is 2.13. The summed E-state index contributed by atoms with van der Waals surface area (Å²) in [5.74, 6) is 0.314. The van der Waals surface area contributed by atoms with Gasteiger partial charge in [-0.3, -0.25) is 9.69 Å². The zero-order valence-corrected chi connectivity index (χ0v) is 13.9. The van der Waals surface area contributed by atoms with Crippen molar-refractivity contribution in [3.8, 4) is 0 Å². The quantitative estimate of drug-likeness (QED) is 0.923. The summed E-state index contributed by atoms with van der Waals surface area (Å²) in [7, 11) is 0. The number of carbonyl (C=O) groups is 1. The minimum absolute atomic E-state index is 0. The first-order chi connectivity index (χ1) is 10.3. The number of halogens is 1. The van der Waals surface area contributed by atoms with Crippen LogP contribution in [0.15, 0.2) is 30.3 Å². The zero-order valence-electron chi connectivity index (χ0n) is 13.0. The minimum atomic E-state index is 0. The van der Waals surface area contributed by atoms with Crippen LogP contribution in [-0.4, -0.2) is 54.5 Å². The van der Waals surface area contributed by atoms with Crippen molar-refractivity contribution in [1.29, 1.82) is 0 Å². The third kappa shape index (κ3) is 4.45. The van der Waals surface area contributed by atoms with Crippen LogP contribution in [0.25, 0.3) is 0 Å². The fourth-order valence-electron chi connectivity index (χ4n) is 3.31. The van der Waals surface area contributed by atoms with E-state index in [1.807, 2.05) is 0 Å². The van der Waals surface area contributed by atoms with Crippen molar-refractivity contribution in [2.24, 2.45) is 0 Å². The molecular formula is C17H26ClN3O. The van der Waals surface area contributed by atoms with Gasteiger partial charge in [-0.15, -0.1) is 12.4 Å². The Balaban J connectivity index is 0.00000176. The SMILES string of the molecule is Cl.O=C(C1CCCN1)N1CCCN(Cc2ccccc2)CC1. The van der Waals surface area contributed by atoms with E-state index in [4.69, 9.17) is 0 Å². The van der Waals surface area contributed by atoms with Gasteiger partial charge < -0.3 is 10.2 Å². The first-order valence-corrected chi connectivity index (χ1v) is 8.11. The molecule has 2 aliphatic rings. The van der Waals surface area contributed by atoms with Crippen LogP contribution in [0.3, 0.4) is 0 Å². The molecule has 22 heavy (non-hydrogen) atoms. The average Bonchev–Trinajstić information content (AvgIpc) is 2.95. The summed E-state index contributed by atoms with van der Waals surface area (Å²) in [6, 6.07) is 10.7. The molecule has 1 atom stereocenters. The van der Waals surface area contributed by atoms with Crippen molar-refractivity contribution in [2.45, 2.75) is 31.8 Å². The molecule has 2 saturated heterocycles. The standard InChI is InChI=1S/C17H25N3O.ClH/c21-17(16-8-4-9-18-16)20-11-5-10-19(12-13-20)14-15-6-2-1-3-7-15;/h1-3,6-7,16,18H,4-5,8-14H2;1H. The lowest BCUT2D eigenvalue weighted by Crippen LogP contribution is -2.45. The molecule has 0 aliphatic carbocycles. The van der Waals surface area contributed by atoms with Crippen molar-refractivity contribution >= 4 is 18.3 Å². The molecule has 0 radical (unpaired) electrons. The third-order valence-corrected chi connectivity index (χ3v) is 4.51. The van der Waals surface area contributed by atoms with Gasteiger partial charge in [0, 0.05) is 32.7 Å². The first kappa shape index (κ1) is 17.3. The van der Waals surface area contributed by atoms with Crippen LogP contribution in [-0.2, 0) is 11.3 Å². The summed E-state index contributed by atoms with van der Waals surface area (Å²) >= 11 is 0. The van der Waals surface area contributed by atoms with Crippen LogP contribution < -0.4 is 5.32 Å². The Labute approximate surface area is 139 Å². The highest BCUT2D eigenvalue weighted by Gasteiger charge is 2.28. The van der Waals surface area contributed by atoms with E-state index in [1.165, 1.54) is 5.56 Å². The van der Waals surface area contributed by atoms with Crippen molar-refractivity contribution in [3.05, 3.63) is 35.9 Å². The van der Waals surface area contributed by atoms with Crippen molar-refractivity contribution in [2.75, 3.05) is 32.7 Å². The van der Waals surface area contributed by atoms with Crippen molar-refractivity contribution < 1.29 is 4.79 Å². The molecule has 0 bridgehead atoms. The summed E-state index contributed by atoms with van der Waals surface area (Å²) in [6.45, 7) is 5.81. The number of carbonyl (C=O) groups excluding carboxylic acids is 1. The molecule has 122 valence electrons. The normalized spacial score (nSPS) is 22.9. The molecule has 0 saturated carbocycles. The Hall–Kier alpha value is -1.10. The van der Waals surface area contributed by atoms with Gasteiger partial charge in [0.25, 0.3) is 0 Å². The van der Waals surface area contributed by atoms with Gasteiger partial charge in [0.1, 0.15) is 0 Å². The lowest BCUT2D eigenvalue weighted by molar-refractivity contribution is -0.132. The molecule has 2 fully saturated rings. The predicted molar refractivity (Wildman–Crippen MR) is 91.2 cm³/mol. The Morgan fingerprint density at radius 3 is 2.64 bits per heavy atom. The first-order valence-electron chi connectivity index (χ1n) is 8.11. The van der Waals surface area contributed by atoms with Crippen LogP contribution in [0, 0.1) is 0 Å². The van der Waals surface area contributed by atoms with Crippen molar-refractivity contribution in [1.82, 2.24) is 15.1 Å². The summed E-state index contributed by atoms with van der Waals surface area (Å²) in [6.07, 6.45) is 3.21. The second-order valence-corrected chi connectivity index (χ2v) is 6.09. The summed E-state index contributed by atoms with van der Waals surface area (Å²) < 4.78 is 0. The van der Waals surface area contributed by atoms with Gasteiger partial charge in [-0.25, -0.2) is 0 Å². The molecule has 1 amide bonds. The largest absolute Gasteiger partial charge is 0.340 e. The maximum absolute atomic E-state index is 12.5. The monoisotopic (exact) mass is 323 g/mol. The molecule has 1 aromatic rings. The molecule has 4 nitrogen and oxygen atoms in total. The number of nitrogens with zero attached hydrogens (tertiary/aromatic N) is 2. The topological polar surface area (TPSA) is 35.6 Å². The molecule has 0 aromatic heterocycles. The van der Waals surface area contributed by atoms with Crippen molar-refractivity contribution in [3.63, 3.8) is 0 Å². The average molecular weight is 324 g/mol. The van der Waals surface area contributed by atoms with E-state index < -0.39 is 0 Å². The molecule has 1 aromatic carbocycles. The van der Waals surface area contributed by atoms with Gasteiger partial charge in [0.15, 0.2) is 0 Å². The second kappa shape index (κ2) is 8.51. The van der Waals surface area contributed by atoms with Crippen LogP contribution in [0.2, 0.25) is 0 Å². The maximum atomic E-state index is 12.5. The molecular weight excluding hydrogens is 298 g/mol. The van der Waals surface area contributed by atoms with E-state index in [9.17, 15) is 4.79 Å². The van der Waals surface area contributed by atoms with Gasteiger partial charge in [0.2, 0.25) is 5.91 Å². The predicted octanol–water partition coefficient (Wildman–Crippen LogP) is 1.89. The van der Waals surface area contributed by atoms with E-state index >= 15 is 0 Å². The Bertz CT molecular complexity index is 462. The third-order valence-electron chi connectivity index (χ3n) is 4.51. The number of hydrogen-bond acceptors (Lipinski definition) is 3. The molecule has 5 heteroatoms. The molecule has 0 spiro atoms. The summed E-state index contributed by atoms with van der Waals surface area (Å²) in [5.41, 5.74) is 1.36. The highest BCUT2D eigenvalue weighted by molar-refractivity contribution is 5.85. The van der Waals surface area contributed by atoms with Crippen LogP contribution in [0.1, 0.15) is 24.8 Å². The molecule has 1 N–H and O–H groups in total. The minimum Gasteiger partial charge on any atom is -0.340 e. The van der Waals surface area contributed by atoms with E-state index in [2.05, 4.69) is 45.4 Å². The fraction of sp³-hybridized carbons (Fsp3) is 0.588. The molecule has 1 unspecified atom stereocenters. The number of rotatable bonds is 3. The van der Waals surface area contributed by atoms with E-state index in [-0.39, 0.29) is 18.4 Å². The lowest BCUT2D eigenvalue weighted by atomic mass is 10.2. The number of nitrogens with one attached hydrogen (secondary N) is 1. The van der Waals surface area contributed by atoms with Gasteiger partial charge in [-0.1, -0.05) is 30.3 Å².